The molecule has 0 fully saturated rings. The average molecular weight is 228 g/mol. The summed E-state index contributed by atoms with van der Waals surface area (Å²) < 4.78 is 0. The van der Waals surface area contributed by atoms with Gasteiger partial charge in [0, 0.05) is 0 Å². The van der Waals surface area contributed by atoms with Gasteiger partial charge in [-0.25, -0.2) is 0 Å². The maximum absolute atomic E-state index is 10.1. The van der Waals surface area contributed by atoms with Gasteiger partial charge in [0.2, 0.25) is 0 Å². The molecule has 0 aliphatic heterocycles. The largest absolute Gasteiger partial charge is 0.390 e. The highest BCUT2D eigenvalue weighted by molar-refractivity contribution is 4.96. The standard InChI is InChI=1S/C14H28O2/c1-11(2)9-13(5,15)7-8-14(6,16)10-12(3)4/h12,15-16H,1,7-10H2,2-6H3. The van der Waals surface area contributed by atoms with E-state index >= 15 is 0 Å². The van der Waals surface area contributed by atoms with Crippen LogP contribution in [0.2, 0.25) is 0 Å². The second-order valence-corrected chi connectivity index (χ2v) is 6.23. The summed E-state index contributed by atoms with van der Waals surface area (Å²) in [5, 5.41) is 20.3. The number of hydrogen-bond donors (Lipinski definition) is 2. The normalized spacial score (nSPS) is 19.2. The number of aliphatic hydroxyl groups is 2. The summed E-state index contributed by atoms with van der Waals surface area (Å²) >= 11 is 0. The zero-order valence-corrected chi connectivity index (χ0v) is 11.5. The van der Waals surface area contributed by atoms with Crippen LogP contribution in [-0.4, -0.2) is 21.4 Å². The summed E-state index contributed by atoms with van der Waals surface area (Å²) in [5.74, 6) is 0.473. The summed E-state index contributed by atoms with van der Waals surface area (Å²) in [6.45, 7) is 13.6. The fourth-order valence-electron chi connectivity index (χ4n) is 2.26. The third-order valence-corrected chi connectivity index (χ3v) is 2.73. The Morgan fingerprint density at radius 1 is 1.12 bits per heavy atom. The first-order valence-electron chi connectivity index (χ1n) is 6.13. The van der Waals surface area contributed by atoms with Gasteiger partial charge in [-0.2, -0.15) is 0 Å². The Bertz CT molecular complexity index is 227. The van der Waals surface area contributed by atoms with Crippen molar-refractivity contribution in [2.24, 2.45) is 5.92 Å². The molecular formula is C14H28O2. The van der Waals surface area contributed by atoms with Gasteiger partial charge in [0.1, 0.15) is 0 Å². The maximum Gasteiger partial charge on any atom is 0.0657 e. The highest BCUT2D eigenvalue weighted by Crippen LogP contribution is 2.28. The lowest BCUT2D eigenvalue weighted by Crippen LogP contribution is -2.32. The van der Waals surface area contributed by atoms with Crippen LogP contribution in [0.25, 0.3) is 0 Å². The van der Waals surface area contributed by atoms with Crippen molar-refractivity contribution in [3.05, 3.63) is 12.2 Å². The summed E-state index contributed by atoms with van der Waals surface area (Å²) in [6, 6.07) is 0. The van der Waals surface area contributed by atoms with Crippen molar-refractivity contribution >= 4 is 0 Å². The SMILES string of the molecule is C=C(C)CC(C)(O)CCC(C)(O)CC(C)C. The average Bonchev–Trinajstić information content (AvgIpc) is 1.96. The lowest BCUT2D eigenvalue weighted by molar-refractivity contribution is -0.0127. The second kappa shape index (κ2) is 5.83. The lowest BCUT2D eigenvalue weighted by Gasteiger charge is -2.30. The predicted octanol–water partition coefficient (Wildman–Crippen LogP) is 3.28. The third kappa shape index (κ3) is 7.89. The van der Waals surface area contributed by atoms with Gasteiger partial charge in [-0.3, -0.25) is 0 Å². The summed E-state index contributed by atoms with van der Waals surface area (Å²) in [6.07, 6.45) is 2.62. The molecule has 2 atom stereocenters. The molecule has 0 aliphatic rings. The predicted molar refractivity (Wildman–Crippen MR) is 69.4 cm³/mol. The van der Waals surface area contributed by atoms with E-state index in [1.165, 1.54) is 0 Å². The minimum Gasteiger partial charge on any atom is -0.390 e. The highest BCUT2D eigenvalue weighted by atomic mass is 16.3. The van der Waals surface area contributed by atoms with Crippen LogP contribution in [-0.2, 0) is 0 Å². The van der Waals surface area contributed by atoms with Gasteiger partial charge in [0.15, 0.2) is 0 Å². The van der Waals surface area contributed by atoms with Crippen molar-refractivity contribution < 1.29 is 10.2 Å². The first kappa shape index (κ1) is 15.7. The van der Waals surface area contributed by atoms with Crippen LogP contribution >= 0.6 is 0 Å². The van der Waals surface area contributed by atoms with Gasteiger partial charge in [-0.15, -0.1) is 6.58 Å². The van der Waals surface area contributed by atoms with Crippen LogP contribution in [0.5, 0.6) is 0 Å². The molecule has 0 radical (unpaired) electrons. The van der Waals surface area contributed by atoms with Crippen LogP contribution in [0.4, 0.5) is 0 Å². The molecule has 2 nitrogen and oxygen atoms in total. The van der Waals surface area contributed by atoms with Crippen molar-refractivity contribution in [1.29, 1.82) is 0 Å². The van der Waals surface area contributed by atoms with E-state index in [1.54, 1.807) is 0 Å². The molecule has 0 aromatic rings. The Balaban J connectivity index is 4.16. The fraction of sp³-hybridized carbons (Fsp3) is 0.857. The van der Waals surface area contributed by atoms with E-state index in [-0.39, 0.29) is 0 Å². The molecule has 96 valence electrons. The van der Waals surface area contributed by atoms with E-state index in [1.807, 2.05) is 20.8 Å². The first-order valence-corrected chi connectivity index (χ1v) is 6.13. The molecule has 0 aromatic heterocycles. The van der Waals surface area contributed by atoms with E-state index in [9.17, 15) is 10.2 Å². The summed E-state index contributed by atoms with van der Waals surface area (Å²) in [7, 11) is 0. The van der Waals surface area contributed by atoms with Crippen molar-refractivity contribution in [1.82, 2.24) is 0 Å². The molecule has 0 amide bonds. The molecule has 0 saturated heterocycles. The van der Waals surface area contributed by atoms with E-state index < -0.39 is 11.2 Å². The quantitative estimate of drug-likeness (QED) is 0.656. The highest BCUT2D eigenvalue weighted by Gasteiger charge is 2.27. The number of rotatable bonds is 7. The molecule has 2 heteroatoms. The molecular weight excluding hydrogens is 200 g/mol. The number of hydrogen-bond acceptors (Lipinski definition) is 2. The first-order chi connectivity index (χ1) is 7.04. The van der Waals surface area contributed by atoms with Crippen molar-refractivity contribution in [3.8, 4) is 0 Å². The molecule has 0 aromatic carbocycles. The Hall–Kier alpha value is -0.340. The van der Waals surface area contributed by atoms with Gasteiger partial charge < -0.3 is 10.2 Å². The Kier molecular flexibility index (Phi) is 5.71. The lowest BCUT2D eigenvalue weighted by atomic mass is 9.84. The fourth-order valence-corrected chi connectivity index (χ4v) is 2.26. The van der Waals surface area contributed by atoms with Crippen LogP contribution in [0, 0.1) is 5.92 Å². The Morgan fingerprint density at radius 3 is 1.94 bits per heavy atom. The molecule has 2 unspecified atom stereocenters. The van der Waals surface area contributed by atoms with Crippen LogP contribution in [0.15, 0.2) is 12.2 Å². The Morgan fingerprint density at radius 2 is 1.56 bits per heavy atom. The maximum atomic E-state index is 10.1. The van der Waals surface area contributed by atoms with Crippen LogP contribution < -0.4 is 0 Å². The minimum atomic E-state index is -0.743. The van der Waals surface area contributed by atoms with E-state index in [0.29, 0.717) is 25.2 Å². The molecule has 0 spiro atoms. The van der Waals surface area contributed by atoms with E-state index in [4.69, 9.17) is 0 Å². The smallest absolute Gasteiger partial charge is 0.0657 e. The molecule has 0 bridgehead atoms. The van der Waals surface area contributed by atoms with E-state index in [2.05, 4.69) is 20.4 Å². The molecule has 0 rings (SSSR count). The zero-order chi connectivity index (χ0) is 13.0. The molecule has 0 saturated carbocycles. The van der Waals surface area contributed by atoms with Gasteiger partial charge in [-0.1, -0.05) is 19.4 Å². The molecule has 16 heavy (non-hydrogen) atoms. The molecule has 0 heterocycles. The van der Waals surface area contributed by atoms with Gasteiger partial charge in [0.05, 0.1) is 11.2 Å². The zero-order valence-electron chi connectivity index (χ0n) is 11.5. The van der Waals surface area contributed by atoms with E-state index in [0.717, 1.165) is 12.0 Å². The van der Waals surface area contributed by atoms with Gasteiger partial charge >= 0.3 is 0 Å². The van der Waals surface area contributed by atoms with Crippen LogP contribution in [0.3, 0.4) is 0 Å². The van der Waals surface area contributed by atoms with Crippen molar-refractivity contribution in [2.75, 3.05) is 0 Å². The Labute approximate surface area is 100 Å². The topological polar surface area (TPSA) is 40.5 Å². The second-order valence-electron chi connectivity index (χ2n) is 6.23. The summed E-state index contributed by atoms with van der Waals surface area (Å²) in [5.41, 5.74) is -0.437. The molecule has 2 N–H and O–H groups in total. The monoisotopic (exact) mass is 228 g/mol. The summed E-state index contributed by atoms with van der Waals surface area (Å²) in [4.78, 5) is 0. The van der Waals surface area contributed by atoms with Crippen molar-refractivity contribution in [2.45, 2.75) is 71.5 Å². The molecule has 0 aliphatic carbocycles. The third-order valence-electron chi connectivity index (χ3n) is 2.73. The minimum absolute atomic E-state index is 0.473. The van der Waals surface area contributed by atoms with Gasteiger partial charge in [0.25, 0.3) is 0 Å². The van der Waals surface area contributed by atoms with Crippen molar-refractivity contribution in [3.63, 3.8) is 0 Å². The van der Waals surface area contributed by atoms with Gasteiger partial charge in [-0.05, 0) is 52.4 Å². The van der Waals surface area contributed by atoms with Crippen LogP contribution in [0.1, 0.15) is 60.3 Å².